The largest absolute Gasteiger partial charge is 0.493 e. The van der Waals surface area contributed by atoms with Crippen molar-refractivity contribution in [3.05, 3.63) is 82.9 Å². The van der Waals surface area contributed by atoms with Gasteiger partial charge in [0.15, 0.2) is 11.5 Å². The first-order chi connectivity index (χ1) is 15.7. The number of carbonyl (C=O) groups excluding carboxylic acids is 1. The Bertz CT molecular complexity index is 1230. The van der Waals surface area contributed by atoms with Crippen LogP contribution in [-0.2, 0) is 16.6 Å². The van der Waals surface area contributed by atoms with Crippen LogP contribution >= 0.6 is 11.6 Å². The zero-order chi connectivity index (χ0) is 24.2. The van der Waals surface area contributed by atoms with Crippen molar-refractivity contribution in [2.45, 2.75) is 11.4 Å². The average molecular weight is 489 g/mol. The Hall–Kier alpha value is -3.23. The third kappa shape index (κ3) is 5.40. The molecular formula is C24H25ClN2O5S. The highest BCUT2D eigenvalue weighted by molar-refractivity contribution is 7.92. The number of halogens is 1. The average Bonchev–Trinajstić information content (AvgIpc) is 2.84. The van der Waals surface area contributed by atoms with Gasteiger partial charge in [0.25, 0.3) is 15.9 Å². The van der Waals surface area contributed by atoms with Crippen LogP contribution < -0.4 is 13.8 Å². The van der Waals surface area contributed by atoms with E-state index in [1.807, 2.05) is 12.1 Å². The number of sulfonamides is 1. The van der Waals surface area contributed by atoms with Gasteiger partial charge in [-0.1, -0.05) is 23.7 Å². The fourth-order valence-electron chi connectivity index (χ4n) is 3.24. The van der Waals surface area contributed by atoms with E-state index in [2.05, 4.69) is 0 Å². The van der Waals surface area contributed by atoms with Crippen LogP contribution in [0.4, 0.5) is 5.69 Å². The molecule has 0 radical (unpaired) electrons. The predicted molar refractivity (Wildman–Crippen MR) is 129 cm³/mol. The SMILES string of the molecule is COc1ccc(S(=O)(=O)N(C)c2ccc(C(=O)N(C)Cc3ccc(Cl)cc3)cc2)cc1OC. The Morgan fingerprint density at radius 2 is 1.48 bits per heavy atom. The molecule has 0 aliphatic rings. The Balaban J connectivity index is 1.77. The lowest BCUT2D eigenvalue weighted by Crippen LogP contribution is -2.27. The van der Waals surface area contributed by atoms with Gasteiger partial charge in [-0.2, -0.15) is 0 Å². The summed E-state index contributed by atoms with van der Waals surface area (Å²) in [5.41, 5.74) is 1.82. The van der Waals surface area contributed by atoms with Gasteiger partial charge in [0, 0.05) is 37.3 Å². The van der Waals surface area contributed by atoms with E-state index < -0.39 is 10.0 Å². The quantitative estimate of drug-likeness (QED) is 0.468. The maximum atomic E-state index is 13.1. The third-order valence-corrected chi connectivity index (χ3v) is 7.20. The van der Waals surface area contributed by atoms with Gasteiger partial charge in [0.05, 0.1) is 24.8 Å². The Morgan fingerprint density at radius 3 is 2.06 bits per heavy atom. The molecule has 33 heavy (non-hydrogen) atoms. The molecule has 0 atom stereocenters. The predicted octanol–water partition coefficient (Wildman–Crippen LogP) is 4.45. The number of ether oxygens (including phenoxy) is 2. The van der Waals surface area contributed by atoms with Crippen LogP contribution in [0.15, 0.2) is 71.6 Å². The normalized spacial score (nSPS) is 11.1. The smallest absolute Gasteiger partial charge is 0.264 e. The van der Waals surface area contributed by atoms with E-state index >= 15 is 0 Å². The molecule has 7 nitrogen and oxygen atoms in total. The van der Waals surface area contributed by atoms with Crippen LogP contribution in [0, 0.1) is 0 Å². The van der Waals surface area contributed by atoms with Crippen LogP contribution in [0.1, 0.15) is 15.9 Å². The number of hydrogen-bond donors (Lipinski definition) is 0. The zero-order valence-corrected chi connectivity index (χ0v) is 20.4. The van der Waals surface area contributed by atoms with Gasteiger partial charge in [0.1, 0.15) is 0 Å². The number of methoxy groups -OCH3 is 2. The Kier molecular flexibility index (Phi) is 7.50. The number of anilines is 1. The summed E-state index contributed by atoms with van der Waals surface area (Å²) in [7, 11) is 2.23. The zero-order valence-electron chi connectivity index (χ0n) is 18.8. The maximum absolute atomic E-state index is 13.1. The highest BCUT2D eigenvalue weighted by atomic mass is 35.5. The van der Waals surface area contributed by atoms with Crippen molar-refractivity contribution in [1.29, 1.82) is 0 Å². The molecular weight excluding hydrogens is 464 g/mol. The number of benzene rings is 3. The molecule has 0 fully saturated rings. The molecule has 1 amide bonds. The maximum Gasteiger partial charge on any atom is 0.264 e. The summed E-state index contributed by atoms with van der Waals surface area (Å²) in [4.78, 5) is 14.4. The molecule has 0 aliphatic carbocycles. The summed E-state index contributed by atoms with van der Waals surface area (Å²) in [6.45, 7) is 0.422. The summed E-state index contributed by atoms with van der Waals surface area (Å²) >= 11 is 5.91. The number of carbonyl (C=O) groups is 1. The minimum absolute atomic E-state index is 0.0606. The highest BCUT2D eigenvalue weighted by Crippen LogP contribution is 2.31. The standard InChI is InChI=1S/C24H25ClN2O5S/c1-26(16-17-5-9-19(25)10-6-17)24(28)18-7-11-20(12-8-18)27(2)33(29,30)21-13-14-22(31-3)23(15-21)32-4/h5-15H,16H2,1-4H3. The second-order valence-corrected chi connectivity index (χ2v) is 9.73. The first kappa shape index (κ1) is 24.4. The summed E-state index contributed by atoms with van der Waals surface area (Å²) in [5.74, 6) is 0.572. The summed E-state index contributed by atoms with van der Waals surface area (Å²) in [6, 6.07) is 18.1. The fourth-order valence-corrected chi connectivity index (χ4v) is 4.58. The number of nitrogens with zero attached hydrogens (tertiary/aromatic N) is 2. The van der Waals surface area contributed by atoms with Gasteiger partial charge < -0.3 is 14.4 Å². The first-order valence-electron chi connectivity index (χ1n) is 9.98. The third-order valence-electron chi connectivity index (χ3n) is 5.17. The molecule has 174 valence electrons. The van der Waals surface area contributed by atoms with E-state index in [0.29, 0.717) is 34.3 Å². The van der Waals surface area contributed by atoms with E-state index in [-0.39, 0.29) is 10.8 Å². The lowest BCUT2D eigenvalue weighted by Gasteiger charge is -2.21. The molecule has 9 heteroatoms. The number of amides is 1. The minimum Gasteiger partial charge on any atom is -0.493 e. The van der Waals surface area contributed by atoms with Crippen LogP contribution in [-0.4, -0.2) is 47.5 Å². The van der Waals surface area contributed by atoms with Crippen molar-refractivity contribution in [1.82, 2.24) is 4.90 Å². The summed E-state index contributed by atoms with van der Waals surface area (Å²) in [5, 5.41) is 0.635. The van der Waals surface area contributed by atoms with Crippen LogP contribution in [0.3, 0.4) is 0 Å². The number of hydrogen-bond acceptors (Lipinski definition) is 5. The molecule has 3 aromatic rings. The first-order valence-corrected chi connectivity index (χ1v) is 11.8. The van der Waals surface area contributed by atoms with E-state index in [9.17, 15) is 13.2 Å². The van der Waals surface area contributed by atoms with Gasteiger partial charge in [-0.25, -0.2) is 8.42 Å². The molecule has 3 rings (SSSR count). The van der Waals surface area contributed by atoms with E-state index in [1.54, 1.807) is 48.3 Å². The van der Waals surface area contributed by atoms with Crippen LogP contribution in [0.2, 0.25) is 5.02 Å². The van der Waals surface area contributed by atoms with E-state index in [0.717, 1.165) is 9.87 Å². The molecule has 0 saturated heterocycles. The van der Waals surface area contributed by atoms with Crippen molar-refractivity contribution >= 4 is 33.2 Å². The van der Waals surface area contributed by atoms with Crippen LogP contribution in [0.5, 0.6) is 11.5 Å². The van der Waals surface area contributed by atoms with E-state index in [1.165, 1.54) is 39.5 Å². The van der Waals surface area contributed by atoms with Gasteiger partial charge >= 0.3 is 0 Å². The fraction of sp³-hybridized carbons (Fsp3) is 0.208. The Morgan fingerprint density at radius 1 is 0.879 bits per heavy atom. The van der Waals surface area contributed by atoms with Crippen molar-refractivity contribution in [2.75, 3.05) is 32.6 Å². The summed E-state index contributed by atoms with van der Waals surface area (Å²) < 4.78 is 37.7. The van der Waals surface area contributed by atoms with Gasteiger partial charge in [-0.15, -0.1) is 0 Å². The van der Waals surface area contributed by atoms with E-state index in [4.69, 9.17) is 21.1 Å². The van der Waals surface area contributed by atoms with Crippen molar-refractivity contribution in [3.8, 4) is 11.5 Å². The van der Waals surface area contributed by atoms with Crippen molar-refractivity contribution < 1.29 is 22.7 Å². The van der Waals surface area contributed by atoms with Gasteiger partial charge in [0.2, 0.25) is 0 Å². The molecule has 0 N–H and O–H groups in total. The van der Waals surface area contributed by atoms with Gasteiger partial charge in [-0.3, -0.25) is 9.10 Å². The topological polar surface area (TPSA) is 76.2 Å². The highest BCUT2D eigenvalue weighted by Gasteiger charge is 2.23. The molecule has 0 spiro atoms. The molecule has 0 aromatic heterocycles. The van der Waals surface area contributed by atoms with Crippen molar-refractivity contribution in [2.24, 2.45) is 0 Å². The molecule has 0 bridgehead atoms. The van der Waals surface area contributed by atoms with Gasteiger partial charge in [-0.05, 0) is 54.1 Å². The molecule has 0 unspecified atom stereocenters. The molecule has 3 aromatic carbocycles. The molecule has 0 heterocycles. The second-order valence-electron chi connectivity index (χ2n) is 7.32. The van der Waals surface area contributed by atoms with Crippen molar-refractivity contribution in [3.63, 3.8) is 0 Å². The molecule has 0 saturated carbocycles. The lowest BCUT2D eigenvalue weighted by atomic mass is 10.1. The lowest BCUT2D eigenvalue weighted by molar-refractivity contribution is 0.0785. The monoisotopic (exact) mass is 488 g/mol. The number of rotatable bonds is 8. The molecule has 0 aliphatic heterocycles. The minimum atomic E-state index is -3.85. The van der Waals surface area contributed by atoms with Crippen LogP contribution in [0.25, 0.3) is 0 Å². The Labute approximate surface area is 199 Å². The summed E-state index contributed by atoms with van der Waals surface area (Å²) in [6.07, 6.45) is 0. The second kappa shape index (κ2) is 10.1.